The minimum Gasteiger partial charge on any atom is -0.386 e. The summed E-state index contributed by atoms with van der Waals surface area (Å²) in [6, 6.07) is 9.96. The van der Waals surface area contributed by atoms with Crippen molar-refractivity contribution >= 4 is 10.9 Å². The van der Waals surface area contributed by atoms with Crippen molar-refractivity contribution in [2.24, 2.45) is 0 Å². The molecule has 0 saturated carbocycles. The number of ether oxygens (including phenoxy) is 1. The van der Waals surface area contributed by atoms with Crippen LogP contribution in [0.5, 0.6) is 0 Å². The molecule has 4 heteroatoms. The molecule has 1 aromatic carbocycles. The van der Waals surface area contributed by atoms with E-state index in [9.17, 15) is 5.11 Å². The fourth-order valence-electron chi connectivity index (χ4n) is 2.91. The quantitative estimate of drug-likeness (QED) is 0.937. The van der Waals surface area contributed by atoms with Crippen LogP contribution < -0.4 is 0 Å². The molecular formula is C17H22N2O2. The SMILES string of the molecule is CCCN1CCOC(C(O)c2cnc3ccccc3c2)C1. The van der Waals surface area contributed by atoms with Crippen molar-refractivity contribution in [3.8, 4) is 0 Å². The van der Waals surface area contributed by atoms with Gasteiger partial charge < -0.3 is 9.84 Å². The second kappa shape index (κ2) is 6.52. The number of benzene rings is 1. The van der Waals surface area contributed by atoms with Gasteiger partial charge >= 0.3 is 0 Å². The predicted octanol–water partition coefficient (Wildman–Crippen LogP) is 2.38. The molecule has 2 atom stereocenters. The maximum Gasteiger partial charge on any atom is 0.108 e. The summed E-state index contributed by atoms with van der Waals surface area (Å²) in [5.41, 5.74) is 1.78. The molecule has 2 aromatic rings. The Bertz CT molecular complexity index is 600. The Labute approximate surface area is 125 Å². The summed E-state index contributed by atoms with van der Waals surface area (Å²) in [5, 5.41) is 11.7. The Morgan fingerprint density at radius 3 is 3.14 bits per heavy atom. The lowest BCUT2D eigenvalue weighted by Crippen LogP contribution is -2.45. The number of nitrogens with zero attached hydrogens (tertiary/aromatic N) is 2. The Balaban J connectivity index is 1.77. The van der Waals surface area contributed by atoms with E-state index in [1.54, 1.807) is 6.20 Å². The van der Waals surface area contributed by atoms with E-state index < -0.39 is 6.10 Å². The van der Waals surface area contributed by atoms with Crippen LogP contribution in [0.4, 0.5) is 0 Å². The molecule has 1 aliphatic heterocycles. The minimum atomic E-state index is -0.623. The van der Waals surface area contributed by atoms with Crippen molar-refractivity contribution in [3.63, 3.8) is 0 Å². The summed E-state index contributed by atoms with van der Waals surface area (Å²) in [6.07, 6.45) is 2.09. The lowest BCUT2D eigenvalue weighted by atomic mass is 10.0. The molecule has 2 unspecified atom stereocenters. The van der Waals surface area contributed by atoms with Gasteiger partial charge in [0.25, 0.3) is 0 Å². The highest BCUT2D eigenvalue weighted by atomic mass is 16.5. The Morgan fingerprint density at radius 1 is 1.43 bits per heavy atom. The maximum absolute atomic E-state index is 10.6. The largest absolute Gasteiger partial charge is 0.386 e. The maximum atomic E-state index is 10.6. The van der Waals surface area contributed by atoms with Crippen LogP contribution in [-0.4, -0.2) is 47.3 Å². The number of aliphatic hydroxyl groups is 1. The number of rotatable bonds is 4. The highest BCUT2D eigenvalue weighted by Gasteiger charge is 2.27. The first-order chi connectivity index (χ1) is 10.3. The van der Waals surface area contributed by atoms with Gasteiger partial charge in [0.1, 0.15) is 12.2 Å². The fourth-order valence-corrected chi connectivity index (χ4v) is 2.91. The van der Waals surface area contributed by atoms with Crippen molar-refractivity contribution in [2.75, 3.05) is 26.2 Å². The van der Waals surface area contributed by atoms with Gasteiger partial charge in [0.15, 0.2) is 0 Å². The van der Waals surface area contributed by atoms with E-state index in [4.69, 9.17) is 4.74 Å². The molecule has 1 N–H and O–H groups in total. The number of pyridine rings is 1. The third kappa shape index (κ3) is 3.23. The Kier molecular flexibility index (Phi) is 4.48. The zero-order valence-corrected chi connectivity index (χ0v) is 12.4. The van der Waals surface area contributed by atoms with Crippen LogP contribution in [0.25, 0.3) is 10.9 Å². The smallest absolute Gasteiger partial charge is 0.108 e. The van der Waals surface area contributed by atoms with Gasteiger partial charge in [-0.15, -0.1) is 0 Å². The Morgan fingerprint density at radius 2 is 2.29 bits per heavy atom. The molecule has 1 fully saturated rings. The molecule has 3 rings (SSSR count). The summed E-state index contributed by atoms with van der Waals surface area (Å²) in [7, 11) is 0. The first-order valence-electron chi connectivity index (χ1n) is 7.64. The van der Waals surface area contributed by atoms with Gasteiger partial charge in [-0.05, 0) is 25.1 Å². The molecular weight excluding hydrogens is 264 g/mol. The first-order valence-corrected chi connectivity index (χ1v) is 7.64. The summed E-state index contributed by atoms with van der Waals surface area (Å²) >= 11 is 0. The topological polar surface area (TPSA) is 45.6 Å². The zero-order valence-electron chi connectivity index (χ0n) is 12.4. The molecule has 1 aromatic heterocycles. The predicted molar refractivity (Wildman–Crippen MR) is 83.2 cm³/mol. The number of aliphatic hydroxyl groups excluding tert-OH is 1. The van der Waals surface area contributed by atoms with Crippen molar-refractivity contribution in [3.05, 3.63) is 42.1 Å². The van der Waals surface area contributed by atoms with Crippen LogP contribution in [-0.2, 0) is 4.74 Å². The summed E-state index contributed by atoms with van der Waals surface area (Å²) in [6.45, 7) is 5.65. The van der Waals surface area contributed by atoms with Crippen LogP contribution >= 0.6 is 0 Å². The molecule has 0 radical (unpaired) electrons. The second-order valence-electron chi connectivity index (χ2n) is 5.62. The third-order valence-corrected chi connectivity index (χ3v) is 4.02. The Hall–Kier alpha value is -1.49. The fraction of sp³-hybridized carbons (Fsp3) is 0.471. The average molecular weight is 286 g/mol. The van der Waals surface area contributed by atoms with Crippen molar-refractivity contribution < 1.29 is 9.84 Å². The van der Waals surface area contributed by atoms with E-state index in [1.807, 2.05) is 30.3 Å². The van der Waals surface area contributed by atoms with E-state index in [1.165, 1.54) is 0 Å². The van der Waals surface area contributed by atoms with Crippen molar-refractivity contribution in [1.82, 2.24) is 9.88 Å². The average Bonchev–Trinajstić information content (AvgIpc) is 2.54. The molecule has 0 aliphatic carbocycles. The molecule has 1 aliphatic rings. The highest BCUT2D eigenvalue weighted by Crippen LogP contribution is 2.24. The van der Waals surface area contributed by atoms with E-state index in [0.29, 0.717) is 6.61 Å². The summed E-state index contributed by atoms with van der Waals surface area (Å²) in [5.74, 6) is 0. The van der Waals surface area contributed by atoms with Crippen LogP contribution in [0.3, 0.4) is 0 Å². The van der Waals surface area contributed by atoms with Crippen LogP contribution in [0.15, 0.2) is 36.5 Å². The molecule has 0 spiro atoms. The van der Waals surface area contributed by atoms with E-state index in [0.717, 1.165) is 42.5 Å². The second-order valence-corrected chi connectivity index (χ2v) is 5.62. The molecule has 4 nitrogen and oxygen atoms in total. The number of morpholine rings is 1. The van der Waals surface area contributed by atoms with Gasteiger partial charge in [-0.25, -0.2) is 0 Å². The number of para-hydroxylation sites is 1. The summed E-state index contributed by atoms with van der Waals surface area (Å²) < 4.78 is 5.76. The monoisotopic (exact) mass is 286 g/mol. The van der Waals surface area contributed by atoms with E-state index in [-0.39, 0.29) is 6.10 Å². The molecule has 1 saturated heterocycles. The zero-order chi connectivity index (χ0) is 14.7. The van der Waals surface area contributed by atoms with Gasteiger partial charge in [0, 0.05) is 30.2 Å². The molecule has 21 heavy (non-hydrogen) atoms. The van der Waals surface area contributed by atoms with Gasteiger partial charge in [-0.1, -0.05) is 25.1 Å². The molecule has 0 amide bonds. The van der Waals surface area contributed by atoms with E-state index in [2.05, 4.69) is 16.8 Å². The van der Waals surface area contributed by atoms with Gasteiger partial charge in [-0.3, -0.25) is 9.88 Å². The standard InChI is InChI=1S/C17H22N2O2/c1-2-7-19-8-9-21-16(12-19)17(20)14-10-13-5-3-4-6-15(13)18-11-14/h3-6,10-11,16-17,20H,2,7-9,12H2,1H3. The van der Waals surface area contributed by atoms with Crippen molar-refractivity contribution in [1.29, 1.82) is 0 Å². The van der Waals surface area contributed by atoms with Gasteiger partial charge in [0.2, 0.25) is 0 Å². The first kappa shape index (κ1) is 14.4. The number of aromatic nitrogens is 1. The normalized spacial score (nSPS) is 21.5. The molecule has 2 heterocycles. The van der Waals surface area contributed by atoms with E-state index >= 15 is 0 Å². The number of hydrogen-bond donors (Lipinski definition) is 1. The van der Waals surface area contributed by atoms with Crippen LogP contribution in [0, 0.1) is 0 Å². The van der Waals surface area contributed by atoms with Crippen molar-refractivity contribution in [2.45, 2.75) is 25.6 Å². The highest BCUT2D eigenvalue weighted by molar-refractivity contribution is 5.78. The summed E-state index contributed by atoms with van der Waals surface area (Å²) in [4.78, 5) is 6.78. The minimum absolute atomic E-state index is 0.173. The van der Waals surface area contributed by atoms with Gasteiger partial charge in [0.05, 0.1) is 12.1 Å². The lowest BCUT2D eigenvalue weighted by molar-refractivity contribution is -0.0898. The van der Waals surface area contributed by atoms with Crippen LogP contribution in [0.1, 0.15) is 25.0 Å². The van der Waals surface area contributed by atoms with Crippen LogP contribution in [0.2, 0.25) is 0 Å². The lowest BCUT2D eigenvalue weighted by Gasteiger charge is -2.35. The third-order valence-electron chi connectivity index (χ3n) is 4.02. The number of fused-ring (bicyclic) bond motifs is 1. The number of hydrogen-bond acceptors (Lipinski definition) is 4. The molecule has 112 valence electrons. The molecule has 0 bridgehead atoms. The van der Waals surface area contributed by atoms with Gasteiger partial charge in [-0.2, -0.15) is 0 Å².